The molecule has 1 N–H and O–H groups in total. The Bertz CT molecular complexity index is 854. The maximum absolute atomic E-state index is 12.2. The van der Waals surface area contributed by atoms with Crippen LogP contribution >= 0.6 is 0 Å². The molecule has 0 spiro atoms. The van der Waals surface area contributed by atoms with Gasteiger partial charge in [-0.25, -0.2) is 0 Å². The molecule has 0 aromatic heterocycles. The monoisotopic (exact) mass is 425 g/mol. The zero-order valence-corrected chi connectivity index (χ0v) is 19.7. The molecule has 31 heavy (non-hydrogen) atoms. The largest absolute Gasteiger partial charge is 0.481 e. The summed E-state index contributed by atoms with van der Waals surface area (Å²) in [4.78, 5) is 18.1. The van der Waals surface area contributed by atoms with Gasteiger partial charge in [-0.15, -0.1) is 0 Å². The van der Waals surface area contributed by atoms with E-state index in [0.717, 1.165) is 50.5 Å². The first-order valence-electron chi connectivity index (χ1n) is 12.4. The number of carbonyl (C=O) groups is 1. The number of fused-ring (bicyclic) bond motifs is 3. The van der Waals surface area contributed by atoms with Crippen molar-refractivity contribution in [1.82, 2.24) is 0 Å². The van der Waals surface area contributed by atoms with Gasteiger partial charge in [0.25, 0.3) is 0 Å². The number of hydrogen-bond acceptors (Lipinski definition) is 3. The van der Waals surface area contributed by atoms with Crippen molar-refractivity contribution in [2.45, 2.75) is 109 Å². The second-order valence-corrected chi connectivity index (χ2v) is 11.0. The summed E-state index contributed by atoms with van der Waals surface area (Å²) in [7, 11) is 0. The first-order chi connectivity index (χ1) is 14.8. The topological polar surface area (TPSA) is 58.9 Å². The number of carboxylic acid groups (broad SMARTS) is 1. The van der Waals surface area contributed by atoms with Crippen LogP contribution in [0.3, 0.4) is 0 Å². The van der Waals surface area contributed by atoms with Crippen molar-refractivity contribution < 1.29 is 14.7 Å². The van der Waals surface area contributed by atoms with Gasteiger partial charge in [0.2, 0.25) is 0 Å². The SMILES string of the molecule is CC(C)c1cc2c(cc1/C=N/OC1CCCCC1)[C@@]1(C)CCC[C@@](C)(C(=O)O)C1CC2. The molecule has 1 unspecified atom stereocenters. The molecule has 0 heterocycles. The highest BCUT2D eigenvalue weighted by Gasteiger charge is 2.55. The summed E-state index contributed by atoms with van der Waals surface area (Å²) in [6.45, 7) is 8.75. The predicted molar refractivity (Wildman–Crippen MR) is 125 cm³/mol. The number of aliphatic carboxylic acids is 1. The molecule has 4 nitrogen and oxygen atoms in total. The molecule has 2 fully saturated rings. The van der Waals surface area contributed by atoms with Crippen LogP contribution in [0, 0.1) is 11.3 Å². The Kier molecular flexibility index (Phi) is 6.20. The first kappa shape index (κ1) is 22.4. The molecule has 3 atom stereocenters. The number of aryl methyl sites for hydroxylation is 1. The molecule has 1 aromatic carbocycles. The number of rotatable bonds is 5. The third kappa shape index (κ3) is 4.03. The summed E-state index contributed by atoms with van der Waals surface area (Å²) in [6.07, 6.45) is 12.9. The van der Waals surface area contributed by atoms with Crippen LogP contribution in [0.5, 0.6) is 0 Å². The Morgan fingerprint density at radius 1 is 1.13 bits per heavy atom. The van der Waals surface area contributed by atoms with Crippen LogP contribution in [-0.4, -0.2) is 23.4 Å². The molecular formula is C27H39NO3. The summed E-state index contributed by atoms with van der Waals surface area (Å²) in [6, 6.07) is 4.69. The Hall–Kier alpha value is -1.84. The fraction of sp³-hybridized carbons (Fsp3) is 0.704. The van der Waals surface area contributed by atoms with Crippen molar-refractivity contribution in [2.75, 3.05) is 0 Å². The number of nitrogens with zero attached hydrogens (tertiary/aromatic N) is 1. The molecule has 0 aliphatic heterocycles. The fourth-order valence-electron chi connectivity index (χ4n) is 6.76. The molecule has 2 saturated carbocycles. The van der Waals surface area contributed by atoms with Crippen molar-refractivity contribution in [3.8, 4) is 0 Å². The number of carboxylic acids is 1. The first-order valence-corrected chi connectivity index (χ1v) is 12.4. The van der Waals surface area contributed by atoms with Gasteiger partial charge in [0.05, 0.1) is 11.6 Å². The van der Waals surface area contributed by atoms with E-state index in [1.165, 1.54) is 36.0 Å². The summed E-state index contributed by atoms with van der Waals surface area (Å²) in [5.41, 5.74) is 4.46. The van der Waals surface area contributed by atoms with Crippen molar-refractivity contribution in [1.29, 1.82) is 0 Å². The van der Waals surface area contributed by atoms with Gasteiger partial charge in [0, 0.05) is 0 Å². The summed E-state index contributed by atoms with van der Waals surface area (Å²) >= 11 is 0. The quantitative estimate of drug-likeness (QED) is 0.428. The van der Waals surface area contributed by atoms with E-state index in [2.05, 4.69) is 38.1 Å². The number of hydrogen-bond donors (Lipinski definition) is 1. The third-order valence-corrected chi connectivity index (χ3v) is 8.62. The van der Waals surface area contributed by atoms with Gasteiger partial charge in [0.1, 0.15) is 6.10 Å². The van der Waals surface area contributed by atoms with Gasteiger partial charge in [-0.1, -0.05) is 44.8 Å². The Morgan fingerprint density at radius 3 is 2.55 bits per heavy atom. The average molecular weight is 426 g/mol. The zero-order valence-electron chi connectivity index (χ0n) is 19.7. The maximum Gasteiger partial charge on any atom is 0.309 e. The lowest BCUT2D eigenvalue weighted by Crippen LogP contribution is -2.52. The van der Waals surface area contributed by atoms with Gasteiger partial charge in [-0.2, -0.15) is 0 Å². The predicted octanol–water partition coefficient (Wildman–Crippen LogP) is 6.59. The maximum atomic E-state index is 12.2. The molecule has 4 rings (SSSR count). The van der Waals surface area contributed by atoms with Crippen LogP contribution in [0.25, 0.3) is 0 Å². The minimum Gasteiger partial charge on any atom is -0.481 e. The minimum atomic E-state index is -0.639. The van der Waals surface area contributed by atoms with E-state index in [1.54, 1.807) is 0 Å². The molecule has 170 valence electrons. The van der Waals surface area contributed by atoms with E-state index in [0.29, 0.717) is 5.92 Å². The summed E-state index contributed by atoms with van der Waals surface area (Å²) < 4.78 is 0. The number of oxime groups is 1. The second-order valence-electron chi connectivity index (χ2n) is 11.0. The van der Waals surface area contributed by atoms with E-state index in [-0.39, 0.29) is 17.4 Å². The van der Waals surface area contributed by atoms with Crippen molar-refractivity contribution in [3.05, 3.63) is 34.4 Å². The standard InChI is InChI=1S/C27H39NO3/c1-18(2)22-15-19-11-12-24-26(3,13-8-14-27(24,4)25(29)30)23(19)16-20(22)17-28-31-21-9-6-5-7-10-21/h15-18,21,24H,5-14H2,1-4H3,(H,29,30)/b28-17+/t24?,26-,27-/m1/s1. The molecule has 0 saturated heterocycles. The molecule has 3 aliphatic carbocycles. The molecule has 0 radical (unpaired) electrons. The summed E-state index contributed by atoms with van der Waals surface area (Å²) in [5.74, 6) is -0.0529. The highest BCUT2D eigenvalue weighted by Crippen LogP contribution is 2.57. The molecular weight excluding hydrogens is 386 g/mol. The third-order valence-electron chi connectivity index (χ3n) is 8.62. The molecule has 3 aliphatic rings. The van der Waals surface area contributed by atoms with Crippen LogP contribution in [0.15, 0.2) is 17.3 Å². The minimum absolute atomic E-state index is 0.0959. The van der Waals surface area contributed by atoms with Crippen LogP contribution in [-0.2, 0) is 21.5 Å². The van der Waals surface area contributed by atoms with Gasteiger partial charge < -0.3 is 9.94 Å². The number of benzene rings is 1. The van der Waals surface area contributed by atoms with Gasteiger partial charge in [-0.3, -0.25) is 4.79 Å². The lowest BCUT2D eigenvalue weighted by Gasteiger charge is -2.53. The smallest absolute Gasteiger partial charge is 0.309 e. The zero-order chi connectivity index (χ0) is 22.2. The van der Waals surface area contributed by atoms with E-state index >= 15 is 0 Å². The Morgan fingerprint density at radius 2 is 1.87 bits per heavy atom. The lowest BCUT2D eigenvalue weighted by molar-refractivity contribution is -0.157. The lowest BCUT2D eigenvalue weighted by atomic mass is 9.49. The summed E-state index contributed by atoms with van der Waals surface area (Å²) in [5, 5.41) is 14.5. The Balaban J connectivity index is 1.69. The fourth-order valence-corrected chi connectivity index (χ4v) is 6.76. The van der Waals surface area contributed by atoms with Gasteiger partial charge >= 0.3 is 5.97 Å². The van der Waals surface area contributed by atoms with Crippen LogP contribution in [0.1, 0.15) is 114 Å². The normalized spacial score (nSPS) is 31.5. The Labute approximate surface area is 187 Å². The van der Waals surface area contributed by atoms with Crippen LogP contribution in [0.2, 0.25) is 0 Å². The van der Waals surface area contributed by atoms with Gasteiger partial charge in [0.15, 0.2) is 0 Å². The molecule has 1 aromatic rings. The van der Waals surface area contributed by atoms with Crippen LogP contribution in [0.4, 0.5) is 0 Å². The van der Waals surface area contributed by atoms with Crippen molar-refractivity contribution in [2.24, 2.45) is 16.5 Å². The second kappa shape index (κ2) is 8.60. The van der Waals surface area contributed by atoms with Crippen molar-refractivity contribution >= 4 is 12.2 Å². The highest BCUT2D eigenvalue weighted by molar-refractivity contribution is 5.83. The van der Waals surface area contributed by atoms with E-state index in [9.17, 15) is 9.90 Å². The van der Waals surface area contributed by atoms with Crippen LogP contribution < -0.4 is 0 Å². The van der Waals surface area contributed by atoms with Gasteiger partial charge in [-0.05, 0) is 104 Å². The molecule has 4 heteroatoms. The van der Waals surface area contributed by atoms with E-state index < -0.39 is 11.4 Å². The van der Waals surface area contributed by atoms with E-state index in [1.807, 2.05) is 13.1 Å². The van der Waals surface area contributed by atoms with Crippen molar-refractivity contribution in [3.63, 3.8) is 0 Å². The molecule has 0 bridgehead atoms. The van der Waals surface area contributed by atoms with E-state index in [4.69, 9.17) is 4.84 Å². The average Bonchev–Trinajstić information content (AvgIpc) is 2.74. The highest BCUT2D eigenvalue weighted by atomic mass is 16.6. The molecule has 0 amide bonds.